The van der Waals surface area contributed by atoms with Crippen molar-refractivity contribution in [1.82, 2.24) is 24.6 Å². The topological polar surface area (TPSA) is 26.7 Å². The van der Waals surface area contributed by atoms with E-state index in [1.807, 2.05) is 36.1 Å². The first-order valence-corrected chi connectivity index (χ1v) is 8.54. The Morgan fingerprint density at radius 2 is 1.30 bits per heavy atom. The van der Waals surface area contributed by atoms with E-state index in [0.29, 0.717) is 0 Å². The predicted molar refractivity (Wildman–Crippen MR) is 99.7 cm³/mol. The Hall–Kier alpha value is -1.30. The normalized spacial score (nSPS) is 19.2. The van der Waals surface area contributed by atoms with Crippen LogP contribution in [0.5, 0.6) is 0 Å². The van der Waals surface area contributed by atoms with Crippen LogP contribution in [0.2, 0.25) is 0 Å². The van der Waals surface area contributed by atoms with Crippen molar-refractivity contribution in [2.75, 3.05) is 66.5 Å². The Morgan fingerprint density at radius 3 is 1.61 bits per heavy atom. The molecule has 0 atom stereocenters. The van der Waals surface area contributed by atoms with E-state index in [9.17, 15) is 0 Å². The average molecular weight is 322 g/mol. The largest absolute Gasteiger partial charge is 0.373 e. The van der Waals surface area contributed by atoms with E-state index in [4.69, 9.17) is 0 Å². The van der Waals surface area contributed by atoms with Crippen LogP contribution in [-0.4, -0.2) is 85.7 Å². The highest BCUT2D eigenvalue weighted by atomic mass is 15.2. The van der Waals surface area contributed by atoms with Gasteiger partial charge in [-0.1, -0.05) is 6.58 Å². The molecule has 132 valence electrons. The molecule has 2 aliphatic rings. The second-order valence-corrected chi connectivity index (χ2v) is 6.43. The zero-order valence-corrected chi connectivity index (χ0v) is 15.5. The molecular formula is C18H35N5. The van der Waals surface area contributed by atoms with Gasteiger partial charge >= 0.3 is 0 Å². The van der Waals surface area contributed by atoms with Crippen molar-refractivity contribution >= 4 is 0 Å². The van der Waals surface area contributed by atoms with Crippen molar-refractivity contribution < 1.29 is 0 Å². The molecule has 2 saturated heterocycles. The van der Waals surface area contributed by atoms with Crippen molar-refractivity contribution in [2.24, 2.45) is 7.05 Å². The number of likely N-dealkylation sites (N-methyl/N-ethyl adjacent to an activating group) is 2. The highest BCUT2D eigenvalue weighted by Gasteiger charge is 2.11. The summed E-state index contributed by atoms with van der Waals surface area (Å²) < 4.78 is 2.00. The summed E-state index contributed by atoms with van der Waals surface area (Å²) in [5, 5.41) is 3.27. The third kappa shape index (κ3) is 9.43. The first kappa shape index (κ1) is 19.7. The van der Waals surface area contributed by atoms with Gasteiger partial charge < -0.3 is 24.6 Å². The molecule has 23 heavy (non-hydrogen) atoms. The molecule has 0 bridgehead atoms. The Morgan fingerprint density at radius 1 is 0.826 bits per heavy atom. The quantitative estimate of drug-likeness (QED) is 0.844. The van der Waals surface area contributed by atoms with E-state index < -0.39 is 0 Å². The van der Waals surface area contributed by atoms with Gasteiger partial charge in [-0.2, -0.15) is 0 Å². The van der Waals surface area contributed by atoms with Crippen LogP contribution in [0.15, 0.2) is 36.8 Å². The van der Waals surface area contributed by atoms with Gasteiger partial charge in [0.2, 0.25) is 0 Å². The molecule has 1 aromatic rings. The summed E-state index contributed by atoms with van der Waals surface area (Å²) in [5.41, 5.74) is 1.20. The fourth-order valence-corrected chi connectivity index (χ4v) is 2.39. The molecule has 1 N–H and O–H groups in total. The summed E-state index contributed by atoms with van der Waals surface area (Å²) >= 11 is 0. The molecule has 0 saturated carbocycles. The summed E-state index contributed by atoms with van der Waals surface area (Å²) in [4.78, 5) is 7.01. The van der Waals surface area contributed by atoms with Crippen LogP contribution < -0.4 is 5.32 Å². The standard InChI is InChI=1S/C8H16N2.C5H12N2.C5H7N/c1-8(2)10-6-4-9(3)5-7-10;1-7-4-2-6-3-5-7;1-6-4-2-3-5-6/h1,4-7H2,2-3H3;6H,2-5H2,1H3;2-5H,1H3. The molecule has 0 spiro atoms. The minimum absolute atomic E-state index is 1.14. The highest BCUT2D eigenvalue weighted by Crippen LogP contribution is 2.04. The molecule has 2 fully saturated rings. The van der Waals surface area contributed by atoms with Gasteiger partial charge in [-0.05, 0) is 33.2 Å². The van der Waals surface area contributed by atoms with Crippen LogP contribution in [-0.2, 0) is 7.05 Å². The lowest BCUT2D eigenvalue weighted by Crippen LogP contribution is -2.43. The van der Waals surface area contributed by atoms with Crippen molar-refractivity contribution in [1.29, 1.82) is 0 Å². The van der Waals surface area contributed by atoms with Crippen LogP contribution in [0, 0.1) is 0 Å². The van der Waals surface area contributed by atoms with Gasteiger partial charge in [0, 0.05) is 77.5 Å². The van der Waals surface area contributed by atoms with E-state index >= 15 is 0 Å². The number of aryl methyl sites for hydroxylation is 1. The van der Waals surface area contributed by atoms with Crippen molar-refractivity contribution in [3.8, 4) is 0 Å². The molecule has 3 rings (SSSR count). The van der Waals surface area contributed by atoms with Crippen LogP contribution in [0.1, 0.15) is 6.92 Å². The fourth-order valence-electron chi connectivity index (χ4n) is 2.39. The second-order valence-electron chi connectivity index (χ2n) is 6.43. The van der Waals surface area contributed by atoms with Gasteiger partial charge in [0.15, 0.2) is 0 Å². The lowest BCUT2D eigenvalue weighted by molar-refractivity contribution is 0.187. The molecule has 0 aliphatic carbocycles. The zero-order chi connectivity index (χ0) is 17.1. The summed E-state index contributed by atoms with van der Waals surface area (Å²) in [6.45, 7) is 15.4. The molecule has 0 unspecified atom stereocenters. The minimum Gasteiger partial charge on any atom is -0.373 e. The van der Waals surface area contributed by atoms with E-state index in [2.05, 4.69) is 47.6 Å². The van der Waals surface area contributed by atoms with Crippen molar-refractivity contribution in [3.05, 3.63) is 36.8 Å². The lowest BCUT2D eigenvalue weighted by Gasteiger charge is -2.33. The van der Waals surface area contributed by atoms with Crippen LogP contribution >= 0.6 is 0 Å². The van der Waals surface area contributed by atoms with Gasteiger partial charge in [0.25, 0.3) is 0 Å². The van der Waals surface area contributed by atoms with Gasteiger partial charge in [-0.3, -0.25) is 0 Å². The van der Waals surface area contributed by atoms with E-state index in [-0.39, 0.29) is 0 Å². The third-order valence-corrected chi connectivity index (χ3v) is 4.14. The van der Waals surface area contributed by atoms with Crippen LogP contribution in [0.25, 0.3) is 0 Å². The first-order valence-electron chi connectivity index (χ1n) is 8.54. The highest BCUT2D eigenvalue weighted by molar-refractivity contribution is 4.90. The summed E-state index contributed by atoms with van der Waals surface area (Å²) in [6.07, 6.45) is 4.00. The number of piperazine rings is 2. The van der Waals surface area contributed by atoms with Crippen molar-refractivity contribution in [3.63, 3.8) is 0 Å². The maximum atomic E-state index is 3.91. The first-order chi connectivity index (χ1) is 11.0. The number of hydrogen-bond acceptors (Lipinski definition) is 4. The second kappa shape index (κ2) is 11.3. The van der Waals surface area contributed by atoms with E-state index in [1.54, 1.807) is 0 Å². The molecule has 0 amide bonds. The number of hydrogen-bond donors (Lipinski definition) is 1. The molecular weight excluding hydrogens is 286 g/mol. The maximum Gasteiger partial charge on any atom is 0.0302 e. The van der Waals surface area contributed by atoms with Gasteiger partial charge in [-0.25, -0.2) is 0 Å². The molecule has 0 radical (unpaired) electrons. The SMILES string of the molecule is C=C(C)N1CCN(C)CC1.CN1CCNCC1.Cn1cccc1. The van der Waals surface area contributed by atoms with Gasteiger partial charge in [0.05, 0.1) is 0 Å². The van der Waals surface area contributed by atoms with Crippen LogP contribution in [0.3, 0.4) is 0 Å². The van der Waals surface area contributed by atoms with E-state index in [0.717, 1.165) is 26.2 Å². The number of rotatable bonds is 1. The Balaban J connectivity index is 0.000000179. The Labute approximate surface area is 142 Å². The lowest BCUT2D eigenvalue weighted by atomic mass is 10.3. The molecule has 5 heteroatoms. The predicted octanol–water partition coefficient (Wildman–Crippen LogP) is 1.31. The monoisotopic (exact) mass is 321 g/mol. The van der Waals surface area contributed by atoms with Gasteiger partial charge in [-0.15, -0.1) is 0 Å². The maximum absolute atomic E-state index is 3.91. The smallest absolute Gasteiger partial charge is 0.0302 e. The molecule has 5 nitrogen and oxygen atoms in total. The Bertz CT molecular complexity index is 401. The summed E-state index contributed by atoms with van der Waals surface area (Å²) in [5.74, 6) is 0. The molecule has 1 aromatic heterocycles. The molecule has 2 aliphatic heterocycles. The summed E-state index contributed by atoms with van der Waals surface area (Å²) in [6, 6.07) is 4.00. The number of aromatic nitrogens is 1. The molecule has 0 aromatic carbocycles. The summed E-state index contributed by atoms with van der Waals surface area (Å²) in [7, 11) is 6.32. The number of nitrogens with zero attached hydrogens (tertiary/aromatic N) is 4. The van der Waals surface area contributed by atoms with Gasteiger partial charge in [0.1, 0.15) is 0 Å². The fraction of sp³-hybridized carbons (Fsp3) is 0.667. The number of allylic oxidation sites excluding steroid dienone is 1. The van der Waals surface area contributed by atoms with Crippen LogP contribution in [0.4, 0.5) is 0 Å². The third-order valence-electron chi connectivity index (χ3n) is 4.14. The zero-order valence-electron chi connectivity index (χ0n) is 15.5. The Kier molecular flexibility index (Phi) is 9.67. The average Bonchev–Trinajstić information content (AvgIpc) is 3.01. The minimum atomic E-state index is 1.14. The van der Waals surface area contributed by atoms with Crippen molar-refractivity contribution in [2.45, 2.75) is 6.92 Å². The molecule has 3 heterocycles. The number of nitrogens with one attached hydrogen (secondary N) is 1. The van der Waals surface area contributed by atoms with E-state index in [1.165, 1.54) is 31.9 Å².